The lowest BCUT2D eigenvalue weighted by molar-refractivity contribution is 0.0951. The van der Waals surface area contributed by atoms with E-state index in [1.807, 2.05) is 91.0 Å². The van der Waals surface area contributed by atoms with Crippen LogP contribution >= 0.6 is 0 Å². The predicted octanol–water partition coefficient (Wildman–Crippen LogP) is 7.42. The highest BCUT2D eigenvalue weighted by atomic mass is 16.2. The number of hydrogen-bond acceptors (Lipinski definition) is 2. The molecule has 0 aliphatic rings. The quantitative estimate of drug-likeness (QED) is 0.155. The van der Waals surface area contributed by atoms with Gasteiger partial charge in [0.1, 0.15) is 5.69 Å². The smallest absolute Gasteiger partial charge is 0.288 e. The van der Waals surface area contributed by atoms with Gasteiger partial charge in [-0.15, -0.1) is 0 Å². The van der Waals surface area contributed by atoms with E-state index in [0.717, 1.165) is 49.5 Å². The monoisotopic (exact) mass is 465 g/mol. The minimum atomic E-state index is -0.295. The van der Waals surface area contributed by atoms with E-state index in [1.165, 1.54) is 0 Å². The number of carbonyl (C=O) groups excluding carboxylic acids is 1. The highest BCUT2D eigenvalue weighted by Gasteiger charge is 2.17. The Kier molecular flexibility index (Phi) is 5.60. The minimum absolute atomic E-state index is 0.295. The Bertz CT molecular complexity index is 1660. The molecule has 0 saturated carbocycles. The molecule has 172 valence electrons. The van der Waals surface area contributed by atoms with Crippen LogP contribution in [0.25, 0.3) is 43.9 Å². The molecule has 1 aromatic heterocycles. The summed E-state index contributed by atoms with van der Waals surface area (Å²) in [5.74, 6) is -0.295. The zero-order valence-electron chi connectivity index (χ0n) is 19.5. The van der Waals surface area contributed by atoms with Crippen LogP contribution in [0.15, 0.2) is 126 Å². The number of amides is 1. The molecule has 6 rings (SSSR count). The van der Waals surface area contributed by atoms with Gasteiger partial charge in [0.25, 0.3) is 5.91 Å². The van der Waals surface area contributed by atoms with Gasteiger partial charge in [-0.05, 0) is 44.8 Å². The molecule has 0 saturated heterocycles. The Hall–Kier alpha value is -4.96. The first-order valence-electron chi connectivity index (χ1n) is 11.9. The van der Waals surface area contributed by atoms with Crippen LogP contribution in [0.1, 0.15) is 16.1 Å². The number of fused-ring (bicyclic) bond motifs is 2. The Morgan fingerprint density at radius 2 is 1.22 bits per heavy atom. The maximum absolute atomic E-state index is 13.3. The van der Waals surface area contributed by atoms with Gasteiger partial charge in [0.05, 0.1) is 6.21 Å². The first kappa shape index (κ1) is 21.6. The molecule has 0 atom stereocenters. The lowest BCUT2D eigenvalue weighted by atomic mass is 9.97. The third kappa shape index (κ3) is 4.05. The van der Waals surface area contributed by atoms with Gasteiger partial charge in [0, 0.05) is 16.8 Å². The number of carbonyl (C=O) groups is 1. The lowest BCUT2D eigenvalue weighted by Gasteiger charge is -2.08. The van der Waals surface area contributed by atoms with Gasteiger partial charge in [-0.25, -0.2) is 5.43 Å². The minimum Gasteiger partial charge on any atom is -0.350 e. The number of nitrogens with zero attached hydrogens (tertiary/aromatic N) is 1. The van der Waals surface area contributed by atoms with E-state index < -0.39 is 0 Å². The van der Waals surface area contributed by atoms with Crippen molar-refractivity contribution in [2.24, 2.45) is 5.10 Å². The summed E-state index contributed by atoms with van der Waals surface area (Å²) in [6.07, 6.45) is 1.74. The number of rotatable bonds is 5. The van der Waals surface area contributed by atoms with Crippen LogP contribution in [0.3, 0.4) is 0 Å². The predicted molar refractivity (Wildman–Crippen MR) is 148 cm³/mol. The molecule has 4 nitrogen and oxygen atoms in total. The Morgan fingerprint density at radius 1 is 0.667 bits per heavy atom. The van der Waals surface area contributed by atoms with Crippen LogP contribution in [-0.2, 0) is 0 Å². The summed E-state index contributed by atoms with van der Waals surface area (Å²) >= 11 is 0. The molecular formula is C32H23N3O. The van der Waals surface area contributed by atoms with Crippen molar-refractivity contribution in [1.82, 2.24) is 10.4 Å². The van der Waals surface area contributed by atoms with Crippen molar-refractivity contribution in [1.29, 1.82) is 0 Å². The SMILES string of the molecule is O=C(NN=Cc1c2ccccc2cc2ccccc12)c1[nH]c(-c2ccccc2)cc1-c1ccccc1. The second-order valence-corrected chi connectivity index (χ2v) is 8.64. The topological polar surface area (TPSA) is 57.2 Å². The molecule has 36 heavy (non-hydrogen) atoms. The summed E-state index contributed by atoms with van der Waals surface area (Å²) in [6.45, 7) is 0. The van der Waals surface area contributed by atoms with Crippen molar-refractivity contribution in [3.63, 3.8) is 0 Å². The second-order valence-electron chi connectivity index (χ2n) is 8.64. The molecule has 0 bridgehead atoms. The maximum Gasteiger partial charge on any atom is 0.288 e. The third-order valence-electron chi connectivity index (χ3n) is 6.39. The van der Waals surface area contributed by atoms with E-state index in [1.54, 1.807) is 6.21 Å². The third-order valence-corrected chi connectivity index (χ3v) is 6.39. The lowest BCUT2D eigenvalue weighted by Crippen LogP contribution is -2.19. The van der Waals surface area contributed by atoms with E-state index in [2.05, 4.69) is 45.8 Å². The second kappa shape index (κ2) is 9.35. The van der Waals surface area contributed by atoms with E-state index in [-0.39, 0.29) is 5.91 Å². The zero-order valence-corrected chi connectivity index (χ0v) is 19.5. The molecule has 1 heterocycles. The molecule has 0 aliphatic heterocycles. The van der Waals surface area contributed by atoms with Crippen molar-refractivity contribution in [3.8, 4) is 22.4 Å². The maximum atomic E-state index is 13.3. The summed E-state index contributed by atoms with van der Waals surface area (Å²) in [6, 6.07) is 40.5. The molecule has 0 spiro atoms. The Labute approximate surface area is 208 Å². The molecule has 1 amide bonds. The Morgan fingerprint density at radius 3 is 1.86 bits per heavy atom. The normalized spacial score (nSPS) is 11.3. The molecule has 0 aliphatic carbocycles. The van der Waals surface area contributed by atoms with Crippen LogP contribution in [0.2, 0.25) is 0 Å². The molecule has 6 aromatic rings. The van der Waals surface area contributed by atoms with E-state index in [4.69, 9.17) is 0 Å². The van der Waals surface area contributed by atoms with E-state index in [9.17, 15) is 4.79 Å². The zero-order chi connectivity index (χ0) is 24.3. The van der Waals surface area contributed by atoms with Gasteiger partial charge in [-0.3, -0.25) is 4.79 Å². The average Bonchev–Trinajstić information content (AvgIpc) is 3.39. The fourth-order valence-corrected chi connectivity index (χ4v) is 4.65. The van der Waals surface area contributed by atoms with Crippen molar-refractivity contribution in [2.75, 3.05) is 0 Å². The highest BCUT2D eigenvalue weighted by Crippen LogP contribution is 2.30. The van der Waals surface area contributed by atoms with Crippen LogP contribution in [0, 0.1) is 0 Å². The standard InChI is InChI=1S/C32H23N3O/c36-32(31-28(22-11-3-1-4-12-22)20-30(34-31)23-13-5-2-6-14-23)35-33-21-29-26-17-9-7-15-24(26)19-25-16-8-10-18-27(25)29/h1-21,34H,(H,35,36). The number of H-pyrrole nitrogens is 1. The average molecular weight is 466 g/mol. The van der Waals surface area contributed by atoms with Crippen LogP contribution < -0.4 is 5.43 Å². The van der Waals surface area contributed by atoms with Gasteiger partial charge >= 0.3 is 0 Å². The molecule has 0 radical (unpaired) electrons. The molecule has 4 heteroatoms. The van der Waals surface area contributed by atoms with Crippen molar-refractivity contribution in [3.05, 3.63) is 133 Å². The number of hydrazone groups is 1. The van der Waals surface area contributed by atoms with Gasteiger partial charge in [-0.1, -0.05) is 109 Å². The van der Waals surface area contributed by atoms with E-state index >= 15 is 0 Å². The van der Waals surface area contributed by atoms with Crippen LogP contribution in [-0.4, -0.2) is 17.1 Å². The van der Waals surface area contributed by atoms with Crippen LogP contribution in [0.5, 0.6) is 0 Å². The van der Waals surface area contributed by atoms with Gasteiger partial charge in [0.2, 0.25) is 0 Å². The van der Waals surface area contributed by atoms with Gasteiger partial charge in [0.15, 0.2) is 0 Å². The summed E-state index contributed by atoms with van der Waals surface area (Å²) in [5.41, 5.74) is 7.89. The van der Waals surface area contributed by atoms with Crippen molar-refractivity contribution < 1.29 is 4.79 Å². The number of benzene rings is 5. The molecule has 0 unspecified atom stereocenters. The molecule has 5 aromatic carbocycles. The fraction of sp³-hybridized carbons (Fsp3) is 0. The Balaban J connectivity index is 1.37. The van der Waals surface area contributed by atoms with Gasteiger partial charge < -0.3 is 4.98 Å². The summed E-state index contributed by atoms with van der Waals surface area (Å²) in [4.78, 5) is 16.7. The molecule has 0 fully saturated rings. The van der Waals surface area contributed by atoms with Crippen LogP contribution in [0.4, 0.5) is 0 Å². The highest BCUT2D eigenvalue weighted by molar-refractivity contribution is 6.13. The molecular weight excluding hydrogens is 442 g/mol. The first-order valence-corrected chi connectivity index (χ1v) is 11.9. The number of aromatic amines is 1. The summed E-state index contributed by atoms with van der Waals surface area (Å²) in [5, 5.41) is 8.83. The van der Waals surface area contributed by atoms with Crippen molar-refractivity contribution in [2.45, 2.75) is 0 Å². The summed E-state index contributed by atoms with van der Waals surface area (Å²) in [7, 11) is 0. The van der Waals surface area contributed by atoms with Crippen molar-refractivity contribution >= 4 is 33.7 Å². The number of nitrogens with one attached hydrogen (secondary N) is 2. The largest absolute Gasteiger partial charge is 0.350 e. The molecule has 2 N–H and O–H groups in total. The number of hydrogen-bond donors (Lipinski definition) is 2. The number of aromatic nitrogens is 1. The first-order chi connectivity index (χ1) is 17.8. The fourth-order valence-electron chi connectivity index (χ4n) is 4.65. The van der Waals surface area contributed by atoms with E-state index in [0.29, 0.717) is 5.69 Å². The summed E-state index contributed by atoms with van der Waals surface area (Å²) < 4.78 is 0. The van der Waals surface area contributed by atoms with Gasteiger partial charge in [-0.2, -0.15) is 5.10 Å².